The fourth-order valence-corrected chi connectivity index (χ4v) is 2.42. The number of hydrogen-bond acceptors (Lipinski definition) is 3. The van der Waals surface area contributed by atoms with Gasteiger partial charge < -0.3 is 20.1 Å². The smallest absolute Gasteiger partial charge is 0.190 e. The van der Waals surface area contributed by atoms with E-state index in [0.717, 1.165) is 58.1 Å². The van der Waals surface area contributed by atoms with Gasteiger partial charge in [-0.05, 0) is 37.5 Å². The molecule has 0 bridgehead atoms. The predicted octanol–water partition coefficient (Wildman–Crippen LogP) is 3.18. The Morgan fingerprint density at radius 3 is 2.48 bits per heavy atom. The van der Waals surface area contributed by atoms with E-state index in [2.05, 4.69) is 36.4 Å². The number of ether oxygens (including phenoxy) is 2. The lowest BCUT2D eigenvalue weighted by Crippen LogP contribution is -2.38. The molecule has 0 saturated carbocycles. The summed E-state index contributed by atoms with van der Waals surface area (Å²) in [5.41, 5.74) is 0.402. The second-order valence-corrected chi connectivity index (χ2v) is 7.15. The van der Waals surface area contributed by atoms with Crippen molar-refractivity contribution in [1.82, 2.24) is 10.6 Å². The van der Waals surface area contributed by atoms with Crippen LogP contribution in [0.2, 0.25) is 0 Å². The third kappa shape index (κ3) is 12.9. The minimum absolute atomic E-state index is 0. The molecule has 0 radical (unpaired) electrons. The number of guanidine groups is 1. The van der Waals surface area contributed by atoms with E-state index in [4.69, 9.17) is 9.47 Å². The molecule has 1 fully saturated rings. The van der Waals surface area contributed by atoms with Gasteiger partial charge in [0.15, 0.2) is 5.96 Å². The van der Waals surface area contributed by atoms with Crippen LogP contribution in [0.25, 0.3) is 0 Å². The predicted molar refractivity (Wildman–Crippen MR) is 108 cm³/mol. The van der Waals surface area contributed by atoms with Crippen molar-refractivity contribution in [3.63, 3.8) is 0 Å². The van der Waals surface area contributed by atoms with Crippen LogP contribution in [-0.2, 0) is 9.47 Å². The van der Waals surface area contributed by atoms with Gasteiger partial charge in [0.25, 0.3) is 0 Å². The normalized spacial score (nSPS) is 18.6. The van der Waals surface area contributed by atoms with Crippen LogP contribution in [-0.4, -0.2) is 52.0 Å². The lowest BCUT2D eigenvalue weighted by atomic mass is 9.91. The topological polar surface area (TPSA) is 54.9 Å². The number of nitrogens with one attached hydrogen (secondary N) is 2. The van der Waals surface area contributed by atoms with Crippen LogP contribution in [0.4, 0.5) is 0 Å². The van der Waals surface area contributed by atoms with Crippen LogP contribution in [0.5, 0.6) is 0 Å². The van der Waals surface area contributed by atoms with Gasteiger partial charge in [-0.15, -0.1) is 24.0 Å². The first-order valence-corrected chi connectivity index (χ1v) is 8.65. The molecule has 23 heavy (non-hydrogen) atoms. The maximum atomic E-state index is 5.64. The van der Waals surface area contributed by atoms with Crippen molar-refractivity contribution < 1.29 is 9.47 Å². The van der Waals surface area contributed by atoms with Crippen molar-refractivity contribution in [3.05, 3.63) is 0 Å². The zero-order valence-corrected chi connectivity index (χ0v) is 17.7. The first-order valence-electron chi connectivity index (χ1n) is 8.65. The molecule has 1 unspecified atom stereocenters. The molecule has 1 heterocycles. The van der Waals surface area contributed by atoms with Crippen molar-refractivity contribution in [1.29, 1.82) is 0 Å². The molecule has 0 aromatic rings. The number of halogens is 1. The molecule has 0 spiro atoms. The highest BCUT2D eigenvalue weighted by molar-refractivity contribution is 14.0. The highest BCUT2D eigenvalue weighted by atomic mass is 127. The summed E-state index contributed by atoms with van der Waals surface area (Å²) in [6, 6.07) is 0. The molecule has 0 aromatic carbocycles. The van der Waals surface area contributed by atoms with Gasteiger partial charge in [-0.1, -0.05) is 20.8 Å². The van der Waals surface area contributed by atoms with E-state index in [0.29, 0.717) is 11.5 Å². The minimum atomic E-state index is 0. The molecule has 2 N–H and O–H groups in total. The molecule has 0 amide bonds. The molecule has 0 aromatic heterocycles. The molecule has 138 valence electrons. The highest BCUT2D eigenvalue weighted by Gasteiger charge is 2.14. The van der Waals surface area contributed by atoms with E-state index in [1.807, 2.05) is 7.05 Å². The molecule has 1 rings (SSSR count). The van der Waals surface area contributed by atoms with Gasteiger partial charge in [0.05, 0.1) is 12.7 Å². The second kappa shape index (κ2) is 13.2. The van der Waals surface area contributed by atoms with E-state index >= 15 is 0 Å². The lowest BCUT2D eigenvalue weighted by Gasteiger charge is -2.18. The Hall–Kier alpha value is -0.0800. The molecule has 5 nitrogen and oxygen atoms in total. The largest absolute Gasteiger partial charge is 0.379 e. The van der Waals surface area contributed by atoms with Gasteiger partial charge in [0.1, 0.15) is 0 Å². The monoisotopic (exact) mass is 441 g/mol. The quantitative estimate of drug-likeness (QED) is 0.250. The van der Waals surface area contributed by atoms with Crippen molar-refractivity contribution in [2.45, 2.75) is 59.0 Å². The van der Waals surface area contributed by atoms with Gasteiger partial charge in [-0.25, -0.2) is 0 Å². The van der Waals surface area contributed by atoms with Crippen LogP contribution in [0.15, 0.2) is 4.99 Å². The molecule has 1 atom stereocenters. The first kappa shape index (κ1) is 22.9. The van der Waals surface area contributed by atoms with Crippen molar-refractivity contribution in [3.8, 4) is 0 Å². The molecule has 1 aliphatic rings. The molecule has 1 saturated heterocycles. The summed E-state index contributed by atoms with van der Waals surface area (Å²) in [7, 11) is 1.81. The Bertz CT molecular complexity index is 313. The van der Waals surface area contributed by atoms with E-state index in [-0.39, 0.29) is 24.0 Å². The number of rotatable bonds is 9. The zero-order chi connectivity index (χ0) is 16.3. The first-order chi connectivity index (χ1) is 10.5. The van der Waals surface area contributed by atoms with Gasteiger partial charge in [0, 0.05) is 33.4 Å². The van der Waals surface area contributed by atoms with E-state index in [1.165, 1.54) is 12.8 Å². The van der Waals surface area contributed by atoms with Crippen LogP contribution >= 0.6 is 24.0 Å². The molecular formula is C17H36IN3O2. The molecule has 1 aliphatic heterocycles. The molecule has 6 heteroatoms. The zero-order valence-electron chi connectivity index (χ0n) is 15.3. The number of nitrogens with zero attached hydrogens (tertiary/aromatic N) is 1. The minimum Gasteiger partial charge on any atom is -0.379 e. The Kier molecular flexibility index (Phi) is 13.2. The van der Waals surface area contributed by atoms with Gasteiger partial charge in [-0.2, -0.15) is 0 Å². The summed E-state index contributed by atoms with van der Waals surface area (Å²) in [5, 5.41) is 6.68. The lowest BCUT2D eigenvalue weighted by molar-refractivity contribution is 0.0168. The fourth-order valence-electron chi connectivity index (χ4n) is 2.42. The summed E-state index contributed by atoms with van der Waals surface area (Å²) in [6.45, 7) is 11.1. The van der Waals surface area contributed by atoms with Gasteiger partial charge in [-0.3, -0.25) is 4.99 Å². The Balaban J connectivity index is 0.00000484. The number of hydrogen-bond donors (Lipinski definition) is 2. The average Bonchev–Trinajstić information content (AvgIpc) is 2.97. The van der Waals surface area contributed by atoms with Crippen molar-refractivity contribution in [2.24, 2.45) is 10.4 Å². The van der Waals surface area contributed by atoms with Crippen LogP contribution in [0.3, 0.4) is 0 Å². The second-order valence-electron chi connectivity index (χ2n) is 7.15. The Labute approximate surface area is 159 Å². The van der Waals surface area contributed by atoms with E-state index in [9.17, 15) is 0 Å². The van der Waals surface area contributed by atoms with Gasteiger partial charge in [0.2, 0.25) is 0 Å². The van der Waals surface area contributed by atoms with Crippen molar-refractivity contribution in [2.75, 3.05) is 40.0 Å². The summed E-state index contributed by atoms with van der Waals surface area (Å²) < 4.78 is 11.2. The molecule has 0 aliphatic carbocycles. The third-order valence-corrected chi connectivity index (χ3v) is 3.71. The summed E-state index contributed by atoms with van der Waals surface area (Å²) in [6.07, 6.45) is 6.00. The van der Waals surface area contributed by atoms with Crippen LogP contribution < -0.4 is 10.6 Å². The van der Waals surface area contributed by atoms with Crippen molar-refractivity contribution >= 4 is 29.9 Å². The standard InChI is InChI=1S/C17H35N3O2.HI/c1-17(2,3)9-6-10-19-16(18-4)20-11-7-12-21-14-15-8-5-13-22-15;/h15H,5-14H2,1-4H3,(H2,18,19,20);1H. The average molecular weight is 441 g/mol. The van der Waals surface area contributed by atoms with E-state index in [1.54, 1.807) is 0 Å². The maximum absolute atomic E-state index is 5.64. The van der Waals surface area contributed by atoms with E-state index < -0.39 is 0 Å². The summed E-state index contributed by atoms with van der Waals surface area (Å²) in [5.74, 6) is 0.882. The van der Waals surface area contributed by atoms with Crippen LogP contribution in [0.1, 0.15) is 52.9 Å². The van der Waals surface area contributed by atoms with Crippen LogP contribution in [0, 0.1) is 5.41 Å². The summed E-state index contributed by atoms with van der Waals surface area (Å²) >= 11 is 0. The summed E-state index contributed by atoms with van der Waals surface area (Å²) in [4.78, 5) is 4.24. The fraction of sp³-hybridized carbons (Fsp3) is 0.941. The SMILES string of the molecule is CN=C(NCCCOCC1CCCO1)NCCCC(C)(C)C.I. The maximum Gasteiger partial charge on any atom is 0.190 e. The third-order valence-electron chi connectivity index (χ3n) is 3.71. The highest BCUT2D eigenvalue weighted by Crippen LogP contribution is 2.19. The van der Waals surface area contributed by atoms with Gasteiger partial charge >= 0.3 is 0 Å². The Morgan fingerprint density at radius 1 is 1.22 bits per heavy atom. The Morgan fingerprint density at radius 2 is 1.91 bits per heavy atom. The molecular weight excluding hydrogens is 405 g/mol. The number of aliphatic imine (C=N–C) groups is 1.